The van der Waals surface area contributed by atoms with Gasteiger partial charge >= 0.3 is 0 Å². The number of carbonyl (C=O) groups excluding carboxylic acids is 1. The van der Waals surface area contributed by atoms with Gasteiger partial charge in [0, 0.05) is 38.6 Å². The van der Waals surface area contributed by atoms with E-state index >= 15 is 0 Å². The highest BCUT2D eigenvalue weighted by atomic mass is 35.5. The zero-order valence-electron chi connectivity index (χ0n) is 12.7. The zero-order chi connectivity index (χ0) is 17.2. The fourth-order valence-corrected chi connectivity index (χ4v) is 4.95. The second kappa shape index (κ2) is 7.36. The molecule has 2 N–H and O–H groups in total. The SMILES string of the molecule is CC(N)CC(=O)N1CCN(S(=O)(=O)c2c(Cl)cccc2Cl)CC1. The molecule has 0 bridgehead atoms. The average Bonchev–Trinajstić information content (AvgIpc) is 2.46. The summed E-state index contributed by atoms with van der Waals surface area (Å²) in [6.07, 6.45) is 0.253. The molecule has 0 saturated carbocycles. The van der Waals surface area contributed by atoms with Crippen LogP contribution in [-0.4, -0.2) is 55.8 Å². The highest BCUT2D eigenvalue weighted by molar-refractivity contribution is 7.89. The van der Waals surface area contributed by atoms with Crippen LogP contribution in [0.2, 0.25) is 10.0 Å². The number of sulfonamides is 1. The molecule has 1 atom stereocenters. The van der Waals surface area contributed by atoms with Crippen LogP contribution < -0.4 is 5.73 Å². The predicted octanol–water partition coefficient (Wildman–Crippen LogP) is 1.56. The molecule has 1 amide bonds. The van der Waals surface area contributed by atoms with Gasteiger partial charge in [0.15, 0.2) is 0 Å². The fourth-order valence-electron chi connectivity index (χ4n) is 2.44. The monoisotopic (exact) mass is 379 g/mol. The van der Waals surface area contributed by atoms with Crippen LogP contribution in [-0.2, 0) is 14.8 Å². The van der Waals surface area contributed by atoms with Crippen molar-refractivity contribution >= 4 is 39.1 Å². The number of nitrogens with zero attached hydrogens (tertiary/aromatic N) is 2. The Hall–Kier alpha value is -0.860. The third-order valence-electron chi connectivity index (χ3n) is 3.60. The number of carbonyl (C=O) groups is 1. The molecule has 6 nitrogen and oxygen atoms in total. The lowest BCUT2D eigenvalue weighted by molar-refractivity contribution is -0.132. The molecule has 2 rings (SSSR count). The summed E-state index contributed by atoms with van der Waals surface area (Å²) in [4.78, 5) is 13.5. The second-order valence-corrected chi connectivity index (χ2v) is 8.21. The number of rotatable bonds is 4. The summed E-state index contributed by atoms with van der Waals surface area (Å²) in [6, 6.07) is 4.35. The lowest BCUT2D eigenvalue weighted by Gasteiger charge is -2.34. The summed E-state index contributed by atoms with van der Waals surface area (Å²) < 4.78 is 26.7. The maximum atomic E-state index is 12.7. The maximum absolute atomic E-state index is 12.7. The van der Waals surface area contributed by atoms with Crippen LogP contribution in [0.15, 0.2) is 23.1 Å². The van der Waals surface area contributed by atoms with E-state index in [0.29, 0.717) is 13.1 Å². The van der Waals surface area contributed by atoms with Gasteiger partial charge in [0.25, 0.3) is 0 Å². The van der Waals surface area contributed by atoms with Crippen LogP contribution in [0.4, 0.5) is 0 Å². The van der Waals surface area contributed by atoms with Gasteiger partial charge in [-0.05, 0) is 19.1 Å². The third kappa shape index (κ3) is 4.16. The first kappa shape index (κ1) is 18.5. The smallest absolute Gasteiger partial charge is 0.246 e. The number of piperazine rings is 1. The van der Waals surface area contributed by atoms with Crippen LogP contribution in [0.3, 0.4) is 0 Å². The minimum Gasteiger partial charge on any atom is -0.340 e. The number of benzene rings is 1. The van der Waals surface area contributed by atoms with E-state index < -0.39 is 10.0 Å². The maximum Gasteiger partial charge on any atom is 0.246 e. The predicted molar refractivity (Wildman–Crippen MR) is 90.1 cm³/mol. The summed E-state index contributed by atoms with van der Waals surface area (Å²) in [6.45, 7) is 2.82. The van der Waals surface area contributed by atoms with Gasteiger partial charge in [0.05, 0.1) is 10.0 Å². The van der Waals surface area contributed by atoms with E-state index in [4.69, 9.17) is 28.9 Å². The van der Waals surface area contributed by atoms with Gasteiger partial charge in [-0.25, -0.2) is 8.42 Å². The van der Waals surface area contributed by atoms with Gasteiger partial charge in [0.2, 0.25) is 15.9 Å². The van der Waals surface area contributed by atoms with Crippen molar-refractivity contribution < 1.29 is 13.2 Å². The highest BCUT2D eigenvalue weighted by Gasteiger charge is 2.32. The second-order valence-electron chi connectivity index (χ2n) is 5.52. The molecule has 1 heterocycles. The van der Waals surface area contributed by atoms with Gasteiger partial charge in [-0.3, -0.25) is 4.79 Å². The Kier molecular flexibility index (Phi) is 5.91. The molecule has 23 heavy (non-hydrogen) atoms. The Morgan fingerprint density at radius 1 is 1.22 bits per heavy atom. The van der Waals surface area contributed by atoms with E-state index in [2.05, 4.69) is 0 Å². The van der Waals surface area contributed by atoms with Crippen molar-refractivity contribution in [3.63, 3.8) is 0 Å². The van der Waals surface area contributed by atoms with E-state index in [-0.39, 0.29) is 46.4 Å². The molecule has 1 aliphatic heterocycles. The van der Waals surface area contributed by atoms with E-state index in [0.717, 1.165) is 0 Å². The standard InChI is InChI=1S/C14H19Cl2N3O3S/c1-10(17)9-13(20)18-5-7-19(8-6-18)23(21,22)14-11(15)3-2-4-12(14)16/h2-4,10H,5-9,17H2,1H3. The Labute approximate surface area is 146 Å². The lowest BCUT2D eigenvalue weighted by Crippen LogP contribution is -2.51. The van der Waals surface area contributed by atoms with Crippen molar-refractivity contribution in [1.29, 1.82) is 0 Å². The van der Waals surface area contributed by atoms with Crippen LogP contribution in [0.1, 0.15) is 13.3 Å². The van der Waals surface area contributed by atoms with Crippen molar-refractivity contribution in [2.45, 2.75) is 24.3 Å². The molecular weight excluding hydrogens is 361 g/mol. The summed E-state index contributed by atoms with van der Waals surface area (Å²) >= 11 is 12.0. The molecule has 1 aliphatic rings. The van der Waals surface area contributed by atoms with Crippen molar-refractivity contribution in [2.75, 3.05) is 26.2 Å². The van der Waals surface area contributed by atoms with Crippen LogP contribution in [0.25, 0.3) is 0 Å². The molecule has 1 aromatic rings. The molecule has 0 aliphatic carbocycles. The van der Waals surface area contributed by atoms with Crippen LogP contribution >= 0.6 is 23.2 Å². The number of halogens is 2. The summed E-state index contributed by atoms with van der Waals surface area (Å²) in [5, 5.41) is 0.181. The lowest BCUT2D eigenvalue weighted by atomic mass is 10.2. The van der Waals surface area contributed by atoms with Gasteiger partial charge in [0.1, 0.15) is 4.90 Å². The third-order valence-corrected chi connectivity index (χ3v) is 6.46. The minimum atomic E-state index is -3.79. The quantitative estimate of drug-likeness (QED) is 0.860. The molecule has 1 fully saturated rings. The van der Waals surface area contributed by atoms with Crippen molar-refractivity contribution in [2.24, 2.45) is 5.73 Å². The Bertz CT molecular complexity index is 666. The van der Waals surface area contributed by atoms with Crippen molar-refractivity contribution in [3.8, 4) is 0 Å². The molecule has 1 unspecified atom stereocenters. The van der Waals surface area contributed by atoms with Crippen molar-refractivity contribution in [3.05, 3.63) is 28.2 Å². The number of nitrogens with two attached hydrogens (primary N) is 1. The number of hydrogen-bond acceptors (Lipinski definition) is 4. The molecule has 0 radical (unpaired) electrons. The Balaban J connectivity index is 2.12. The normalized spacial score (nSPS) is 18.0. The summed E-state index contributed by atoms with van der Waals surface area (Å²) in [5.74, 6) is -0.0622. The van der Waals surface area contributed by atoms with E-state index in [1.807, 2.05) is 0 Å². The highest BCUT2D eigenvalue weighted by Crippen LogP contribution is 2.31. The molecule has 1 saturated heterocycles. The van der Waals surface area contributed by atoms with E-state index in [9.17, 15) is 13.2 Å². The molecule has 1 aromatic carbocycles. The first-order chi connectivity index (χ1) is 10.7. The molecule has 128 valence electrons. The fraction of sp³-hybridized carbons (Fsp3) is 0.500. The van der Waals surface area contributed by atoms with Gasteiger partial charge in [-0.15, -0.1) is 0 Å². The molecule has 0 aromatic heterocycles. The molecule has 9 heteroatoms. The van der Waals surface area contributed by atoms with Crippen LogP contribution in [0.5, 0.6) is 0 Å². The number of hydrogen-bond donors (Lipinski definition) is 1. The first-order valence-corrected chi connectivity index (χ1v) is 9.40. The van der Waals surface area contributed by atoms with Gasteiger partial charge in [-0.1, -0.05) is 29.3 Å². The largest absolute Gasteiger partial charge is 0.340 e. The van der Waals surface area contributed by atoms with Gasteiger partial charge < -0.3 is 10.6 Å². The Morgan fingerprint density at radius 2 is 1.74 bits per heavy atom. The van der Waals surface area contributed by atoms with Crippen LogP contribution in [0, 0.1) is 0 Å². The van der Waals surface area contributed by atoms with E-state index in [1.54, 1.807) is 17.9 Å². The number of amides is 1. The first-order valence-electron chi connectivity index (χ1n) is 7.21. The molecular formula is C14H19Cl2N3O3S. The molecule has 0 spiro atoms. The topological polar surface area (TPSA) is 83.7 Å². The minimum absolute atomic E-state index is 0.0622. The average molecular weight is 380 g/mol. The summed E-state index contributed by atoms with van der Waals surface area (Å²) in [7, 11) is -3.79. The van der Waals surface area contributed by atoms with E-state index in [1.165, 1.54) is 16.4 Å². The zero-order valence-corrected chi connectivity index (χ0v) is 15.0. The summed E-state index contributed by atoms with van der Waals surface area (Å²) in [5.41, 5.74) is 5.62. The Morgan fingerprint density at radius 3 is 2.22 bits per heavy atom. The van der Waals surface area contributed by atoms with Gasteiger partial charge in [-0.2, -0.15) is 4.31 Å². The van der Waals surface area contributed by atoms with Crippen molar-refractivity contribution in [1.82, 2.24) is 9.21 Å².